The van der Waals surface area contributed by atoms with Crippen molar-refractivity contribution in [1.82, 2.24) is 9.88 Å². The number of aromatic nitrogens is 1. The molecule has 26 heavy (non-hydrogen) atoms. The van der Waals surface area contributed by atoms with Crippen LogP contribution in [0.1, 0.15) is 15.9 Å². The Hall–Kier alpha value is -2.99. The third-order valence-electron chi connectivity index (χ3n) is 4.48. The van der Waals surface area contributed by atoms with Gasteiger partial charge in [-0.2, -0.15) is 0 Å². The molecular weight excluding hydrogens is 332 g/mol. The number of amides is 1. The smallest absolute Gasteiger partial charge is 0.252 e. The Morgan fingerprint density at radius 2 is 2.08 bits per heavy atom. The number of carbonyl (C=O) groups is 1. The van der Waals surface area contributed by atoms with Crippen molar-refractivity contribution in [3.8, 4) is 11.5 Å². The van der Waals surface area contributed by atoms with E-state index >= 15 is 0 Å². The standard InChI is InChI=1S/C20H20N2O4/c1-24-10-9-22-8-7-15-16(3-2-4-17(15)22)20(23)21-12-14-5-6-18-19(11-14)26-13-25-18/h2-8,11H,9-10,12-13H2,1H3,(H,21,23). The van der Waals surface area contributed by atoms with Crippen LogP contribution in [0.5, 0.6) is 11.5 Å². The number of rotatable bonds is 6. The summed E-state index contributed by atoms with van der Waals surface area (Å²) in [6.07, 6.45) is 1.98. The van der Waals surface area contributed by atoms with E-state index in [0.717, 1.165) is 28.8 Å². The number of hydrogen-bond donors (Lipinski definition) is 1. The van der Waals surface area contributed by atoms with Crippen molar-refractivity contribution in [1.29, 1.82) is 0 Å². The summed E-state index contributed by atoms with van der Waals surface area (Å²) in [5, 5.41) is 3.92. The van der Waals surface area contributed by atoms with Gasteiger partial charge in [0.05, 0.1) is 6.61 Å². The van der Waals surface area contributed by atoms with Gasteiger partial charge in [0.15, 0.2) is 11.5 Å². The van der Waals surface area contributed by atoms with E-state index in [0.29, 0.717) is 24.5 Å². The molecule has 1 aromatic heterocycles. The molecule has 2 heterocycles. The molecule has 0 bridgehead atoms. The van der Waals surface area contributed by atoms with Gasteiger partial charge in [-0.05, 0) is 35.9 Å². The first-order valence-electron chi connectivity index (χ1n) is 8.50. The molecule has 0 radical (unpaired) electrons. The maximum Gasteiger partial charge on any atom is 0.252 e. The number of fused-ring (bicyclic) bond motifs is 2. The number of nitrogens with zero attached hydrogens (tertiary/aromatic N) is 1. The average Bonchev–Trinajstić information content (AvgIpc) is 3.30. The van der Waals surface area contributed by atoms with Crippen LogP contribution in [0.15, 0.2) is 48.7 Å². The van der Waals surface area contributed by atoms with Gasteiger partial charge in [0.25, 0.3) is 5.91 Å². The first-order valence-corrected chi connectivity index (χ1v) is 8.50. The van der Waals surface area contributed by atoms with E-state index in [1.165, 1.54) is 0 Å². The average molecular weight is 352 g/mol. The Bertz CT molecular complexity index is 948. The molecule has 1 N–H and O–H groups in total. The van der Waals surface area contributed by atoms with Crippen LogP contribution >= 0.6 is 0 Å². The molecule has 0 saturated carbocycles. The summed E-state index contributed by atoms with van der Waals surface area (Å²) in [4.78, 5) is 12.7. The van der Waals surface area contributed by atoms with Gasteiger partial charge in [0, 0.05) is 42.9 Å². The fraction of sp³-hybridized carbons (Fsp3) is 0.250. The van der Waals surface area contributed by atoms with Gasteiger partial charge >= 0.3 is 0 Å². The SMILES string of the molecule is COCCn1ccc2c(C(=O)NCc3ccc4c(c3)OCO4)cccc21. The van der Waals surface area contributed by atoms with Gasteiger partial charge in [0.2, 0.25) is 6.79 Å². The summed E-state index contributed by atoms with van der Waals surface area (Å²) < 4.78 is 17.9. The second-order valence-electron chi connectivity index (χ2n) is 6.11. The minimum absolute atomic E-state index is 0.0993. The van der Waals surface area contributed by atoms with E-state index in [9.17, 15) is 4.79 Å². The van der Waals surface area contributed by atoms with Gasteiger partial charge < -0.3 is 24.1 Å². The Morgan fingerprint density at radius 3 is 2.96 bits per heavy atom. The highest BCUT2D eigenvalue weighted by molar-refractivity contribution is 6.06. The number of methoxy groups -OCH3 is 1. The fourth-order valence-corrected chi connectivity index (χ4v) is 3.13. The Kier molecular flexibility index (Phi) is 4.50. The van der Waals surface area contributed by atoms with Crippen molar-refractivity contribution < 1.29 is 19.0 Å². The van der Waals surface area contributed by atoms with E-state index in [-0.39, 0.29) is 12.7 Å². The molecular formula is C20H20N2O4. The number of ether oxygens (including phenoxy) is 3. The minimum Gasteiger partial charge on any atom is -0.454 e. The molecule has 0 fully saturated rings. The summed E-state index contributed by atoms with van der Waals surface area (Å²) in [6.45, 7) is 2.05. The van der Waals surface area contributed by atoms with Crippen LogP contribution in [0.3, 0.4) is 0 Å². The lowest BCUT2D eigenvalue weighted by atomic mass is 10.1. The lowest BCUT2D eigenvalue weighted by molar-refractivity contribution is 0.0952. The molecule has 6 heteroatoms. The summed E-state index contributed by atoms with van der Waals surface area (Å²) in [6, 6.07) is 13.4. The zero-order chi connectivity index (χ0) is 17.9. The summed E-state index contributed by atoms with van der Waals surface area (Å²) in [5.74, 6) is 1.36. The monoisotopic (exact) mass is 352 g/mol. The van der Waals surface area contributed by atoms with Crippen molar-refractivity contribution >= 4 is 16.8 Å². The highest BCUT2D eigenvalue weighted by atomic mass is 16.7. The number of nitrogens with one attached hydrogen (secondary N) is 1. The molecule has 2 aromatic carbocycles. The molecule has 1 aliphatic heterocycles. The summed E-state index contributed by atoms with van der Waals surface area (Å²) in [7, 11) is 1.68. The molecule has 3 aromatic rings. The van der Waals surface area contributed by atoms with Gasteiger partial charge in [-0.3, -0.25) is 4.79 Å². The largest absolute Gasteiger partial charge is 0.454 e. The second-order valence-corrected chi connectivity index (χ2v) is 6.11. The lowest BCUT2D eigenvalue weighted by Crippen LogP contribution is -2.22. The molecule has 134 valence electrons. The van der Waals surface area contributed by atoms with E-state index in [1.807, 2.05) is 48.7 Å². The molecule has 0 unspecified atom stereocenters. The molecule has 0 aliphatic carbocycles. The van der Waals surface area contributed by atoms with Crippen molar-refractivity contribution in [2.45, 2.75) is 13.1 Å². The molecule has 0 atom stereocenters. The third kappa shape index (κ3) is 3.11. The molecule has 4 rings (SSSR count). The van der Waals surface area contributed by atoms with Crippen molar-refractivity contribution in [3.63, 3.8) is 0 Å². The summed E-state index contributed by atoms with van der Waals surface area (Å²) in [5.41, 5.74) is 2.66. The zero-order valence-corrected chi connectivity index (χ0v) is 14.5. The Balaban J connectivity index is 1.50. The third-order valence-corrected chi connectivity index (χ3v) is 4.48. The highest BCUT2D eigenvalue weighted by Crippen LogP contribution is 2.32. The number of benzene rings is 2. The highest BCUT2D eigenvalue weighted by Gasteiger charge is 2.15. The first kappa shape index (κ1) is 16.5. The first-order chi connectivity index (χ1) is 12.8. The van der Waals surface area contributed by atoms with Crippen LogP contribution in [-0.4, -0.2) is 31.0 Å². The predicted octanol–water partition coefficient (Wildman–Crippen LogP) is 2.95. The quantitative estimate of drug-likeness (QED) is 0.741. The topological polar surface area (TPSA) is 61.7 Å². The van der Waals surface area contributed by atoms with Gasteiger partial charge in [-0.25, -0.2) is 0 Å². The van der Waals surface area contributed by atoms with Gasteiger partial charge in [-0.15, -0.1) is 0 Å². The van der Waals surface area contributed by atoms with Crippen LogP contribution in [0.4, 0.5) is 0 Å². The van der Waals surface area contributed by atoms with E-state index in [4.69, 9.17) is 14.2 Å². The maximum absolute atomic E-state index is 12.7. The van der Waals surface area contributed by atoms with Crippen molar-refractivity contribution in [2.75, 3.05) is 20.5 Å². The Labute approximate surface area is 151 Å². The minimum atomic E-state index is -0.0993. The molecule has 1 amide bonds. The lowest BCUT2D eigenvalue weighted by Gasteiger charge is -2.09. The fourth-order valence-electron chi connectivity index (χ4n) is 3.13. The van der Waals surface area contributed by atoms with E-state index < -0.39 is 0 Å². The normalized spacial score (nSPS) is 12.5. The van der Waals surface area contributed by atoms with E-state index in [2.05, 4.69) is 9.88 Å². The molecule has 6 nitrogen and oxygen atoms in total. The molecule has 1 aliphatic rings. The molecule has 0 saturated heterocycles. The van der Waals surface area contributed by atoms with Crippen LogP contribution < -0.4 is 14.8 Å². The van der Waals surface area contributed by atoms with Crippen LogP contribution in [0, 0.1) is 0 Å². The van der Waals surface area contributed by atoms with Crippen molar-refractivity contribution in [3.05, 3.63) is 59.8 Å². The Morgan fingerprint density at radius 1 is 1.19 bits per heavy atom. The van der Waals surface area contributed by atoms with Crippen LogP contribution in [-0.2, 0) is 17.8 Å². The number of hydrogen-bond acceptors (Lipinski definition) is 4. The zero-order valence-electron chi connectivity index (χ0n) is 14.5. The number of carbonyl (C=O) groups excluding carboxylic acids is 1. The summed E-state index contributed by atoms with van der Waals surface area (Å²) >= 11 is 0. The van der Waals surface area contributed by atoms with E-state index in [1.54, 1.807) is 7.11 Å². The van der Waals surface area contributed by atoms with Gasteiger partial charge in [-0.1, -0.05) is 12.1 Å². The van der Waals surface area contributed by atoms with Gasteiger partial charge in [0.1, 0.15) is 0 Å². The predicted molar refractivity (Wildman–Crippen MR) is 97.5 cm³/mol. The van der Waals surface area contributed by atoms with Crippen LogP contribution in [0.25, 0.3) is 10.9 Å². The maximum atomic E-state index is 12.7. The second kappa shape index (κ2) is 7.09. The van der Waals surface area contributed by atoms with Crippen LogP contribution in [0.2, 0.25) is 0 Å². The van der Waals surface area contributed by atoms with Crippen molar-refractivity contribution in [2.24, 2.45) is 0 Å². The molecule has 0 spiro atoms.